The highest BCUT2D eigenvalue weighted by Gasteiger charge is 2.23. The fourth-order valence-corrected chi connectivity index (χ4v) is 3.96. The van der Waals surface area contributed by atoms with Gasteiger partial charge in [0.2, 0.25) is 5.82 Å². The van der Waals surface area contributed by atoms with Crippen LogP contribution in [0, 0.1) is 6.92 Å². The predicted octanol–water partition coefficient (Wildman–Crippen LogP) is 5.61. The lowest BCUT2D eigenvalue weighted by molar-refractivity contribution is 0.0917. The van der Waals surface area contributed by atoms with Crippen molar-refractivity contribution in [2.24, 2.45) is 0 Å². The van der Waals surface area contributed by atoms with Crippen LogP contribution in [0.4, 0.5) is 0 Å². The second-order valence-electron chi connectivity index (χ2n) is 7.42. The van der Waals surface area contributed by atoms with Crippen molar-refractivity contribution in [1.82, 2.24) is 20.1 Å². The number of halogens is 2. The number of hydrogen-bond donors (Lipinski definition) is 1. The van der Waals surface area contributed by atoms with E-state index in [9.17, 15) is 4.79 Å². The fourth-order valence-electron chi connectivity index (χ4n) is 3.67. The summed E-state index contributed by atoms with van der Waals surface area (Å²) in [5.74, 6) is 0.478. The lowest BCUT2D eigenvalue weighted by atomic mass is 9.95. The average molecular weight is 429 g/mol. The number of aryl methyl sites for hydroxylation is 1. The minimum Gasteiger partial charge on any atom is -0.347 e. The fraction of sp³-hybridized carbons (Fsp3) is 0.318. The van der Waals surface area contributed by atoms with Crippen molar-refractivity contribution in [2.75, 3.05) is 0 Å². The highest BCUT2D eigenvalue weighted by atomic mass is 35.5. The minimum atomic E-state index is -0.245. The van der Waals surface area contributed by atoms with E-state index in [0.717, 1.165) is 42.5 Å². The monoisotopic (exact) mass is 428 g/mol. The first-order valence-electron chi connectivity index (χ1n) is 9.81. The van der Waals surface area contributed by atoms with Crippen molar-refractivity contribution in [1.29, 1.82) is 0 Å². The molecule has 0 aliphatic heterocycles. The molecule has 0 bridgehead atoms. The molecule has 1 heterocycles. The number of nitrogens with zero attached hydrogens (tertiary/aromatic N) is 3. The Labute approximate surface area is 180 Å². The van der Waals surface area contributed by atoms with Crippen LogP contribution in [0.5, 0.6) is 0 Å². The predicted molar refractivity (Wildman–Crippen MR) is 116 cm³/mol. The van der Waals surface area contributed by atoms with Gasteiger partial charge in [-0.3, -0.25) is 4.79 Å². The molecule has 29 heavy (non-hydrogen) atoms. The minimum absolute atomic E-state index is 0.153. The second-order valence-corrected chi connectivity index (χ2v) is 8.29. The molecule has 0 unspecified atom stereocenters. The number of nitrogens with one attached hydrogen (secondary N) is 1. The molecule has 150 valence electrons. The first kappa shape index (κ1) is 19.9. The van der Waals surface area contributed by atoms with Gasteiger partial charge in [-0.2, -0.15) is 0 Å². The summed E-state index contributed by atoms with van der Waals surface area (Å²) in [6, 6.07) is 13.1. The molecule has 3 aromatic rings. The lowest BCUT2D eigenvalue weighted by Gasteiger charge is -2.21. The summed E-state index contributed by atoms with van der Waals surface area (Å²) in [7, 11) is 0. The zero-order valence-electron chi connectivity index (χ0n) is 16.2. The summed E-state index contributed by atoms with van der Waals surface area (Å²) in [6.45, 7) is 1.97. The van der Waals surface area contributed by atoms with Crippen LogP contribution in [0.3, 0.4) is 0 Å². The van der Waals surface area contributed by atoms with E-state index < -0.39 is 0 Å². The van der Waals surface area contributed by atoms with Crippen LogP contribution in [0.2, 0.25) is 10.0 Å². The van der Waals surface area contributed by atoms with E-state index in [1.807, 2.05) is 37.3 Å². The molecule has 4 rings (SSSR count). The van der Waals surface area contributed by atoms with Gasteiger partial charge in [-0.1, -0.05) is 48.5 Å². The van der Waals surface area contributed by atoms with Gasteiger partial charge < -0.3 is 5.32 Å². The van der Waals surface area contributed by atoms with Gasteiger partial charge in [0.1, 0.15) is 0 Å². The summed E-state index contributed by atoms with van der Waals surface area (Å²) < 4.78 is 1.68. The van der Waals surface area contributed by atoms with E-state index in [1.165, 1.54) is 6.42 Å². The van der Waals surface area contributed by atoms with Crippen LogP contribution in [0.15, 0.2) is 42.5 Å². The molecule has 7 heteroatoms. The van der Waals surface area contributed by atoms with Crippen molar-refractivity contribution in [3.63, 3.8) is 0 Å². The van der Waals surface area contributed by atoms with Crippen LogP contribution in [0.25, 0.3) is 17.1 Å². The van der Waals surface area contributed by atoms with E-state index in [1.54, 1.807) is 16.8 Å². The molecule has 0 saturated heterocycles. The standard InChI is InChI=1S/C22H22Cl2N4O/c1-14-7-10-17(24)13-19(14)28-21(15-8-11-16(23)12-9-15)26-20(27-28)22(29)25-18-5-3-2-4-6-18/h7-13,18H,2-6H2,1H3,(H,25,29). The van der Waals surface area contributed by atoms with Gasteiger partial charge in [-0.05, 0) is 61.7 Å². The Bertz CT molecular complexity index is 1020. The molecule has 5 nitrogen and oxygen atoms in total. The van der Waals surface area contributed by atoms with Crippen LogP contribution in [-0.4, -0.2) is 26.7 Å². The quantitative estimate of drug-likeness (QED) is 0.586. The number of benzene rings is 2. The van der Waals surface area contributed by atoms with Crippen LogP contribution < -0.4 is 5.32 Å². The van der Waals surface area contributed by atoms with Gasteiger partial charge in [-0.25, -0.2) is 9.67 Å². The van der Waals surface area contributed by atoms with Gasteiger partial charge in [0.05, 0.1) is 5.69 Å². The van der Waals surface area contributed by atoms with Gasteiger partial charge >= 0.3 is 0 Å². The zero-order valence-corrected chi connectivity index (χ0v) is 17.7. The maximum atomic E-state index is 12.9. The number of hydrogen-bond acceptors (Lipinski definition) is 3. The molecule has 1 N–H and O–H groups in total. The van der Waals surface area contributed by atoms with Crippen LogP contribution >= 0.6 is 23.2 Å². The van der Waals surface area contributed by atoms with E-state index in [2.05, 4.69) is 15.4 Å². The zero-order chi connectivity index (χ0) is 20.4. The van der Waals surface area contributed by atoms with Crippen molar-refractivity contribution >= 4 is 29.1 Å². The maximum Gasteiger partial charge on any atom is 0.291 e. The molecular formula is C22H22Cl2N4O. The van der Waals surface area contributed by atoms with Gasteiger partial charge in [0.15, 0.2) is 5.82 Å². The molecule has 0 atom stereocenters. The first-order valence-corrected chi connectivity index (χ1v) is 10.6. The van der Waals surface area contributed by atoms with E-state index in [0.29, 0.717) is 15.9 Å². The summed E-state index contributed by atoms with van der Waals surface area (Å²) in [6.07, 6.45) is 5.52. The third-order valence-corrected chi connectivity index (χ3v) is 5.74. The summed E-state index contributed by atoms with van der Waals surface area (Å²) in [4.78, 5) is 17.4. The Kier molecular flexibility index (Phi) is 5.88. The number of carbonyl (C=O) groups excluding carboxylic acids is 1. The molecule has 1 aliphatic carbocycles. The molecule has 1 aromatic heterocycles. The summed E-state index contributed by atoms with van der Waals surface area (Å²) >= 11 is 12.3. The molecule has 1 fully saturated rings. The van der Waals surface area contributed by atoms with Crippen LogP contribution in [-0.2, 0) is 0 Å². The maximum absolute atomic E-state index is 12.9. The highest BCUT2D eigenvalue weighted by molar-refractivity contribution is 6.31. The Morgan fingerprint density at radius 3 is 2.45 bits per heavy atom. The average Bonchev–Trinajstić information content (AvgIpc) is 3.16. The lowest BCUT2D eigenvalue weighted by Crippen LogP contribution is -2.36. The Hall–Kier alpha value is -2.37. The molecule has 0 radical (unpaired) electrons. The Balaban J connectivity index is 1.75. The van der Waals surface area contributed by atoms with Crippen LogP contribution in [0.1, 0.15) is 48.3 Å². The van der Waals surface area contributed by atoms with Crippen molar-refractivity contribution < 1.29 is 4.79 Å². The Morgan fingerprint density at radius 2 is 1.72 bits per heavy atom. The number of carbonyl (C=O) groups is 1. The van der Waals surface area contributed by atoms with E-state index >= 15 is 0 Å². The third-order valence-electron chi connectivity index (χ3n) is 5.25. The van der Waals surface area contributed by atoms with Crippen molar-refractivity contribution in [2.45, 2.75) is 45.1 Å². The number of aromatic nitrogens is 3. The van der Waals surface area contributed by atoms with Crippen molar-refractivity contribution in [3.8, 4) is 17.1 Å². The Morgan fingerprint density at radius 1 is 1.03 bits per heavy atom. The topological polar surface area (TPSA) is 59.8 Å². The van der Waals surface area contributed by atoms with E-state index in [4.69, 9.17) is 23.2 Å². The summed E-state index contributed by atoms with van der Waals surface area (Å²) in [5, 5.41) is 8.87. The molecule has 1 saturated carbocycles. The second kappa shape index (κ2) is 8.56. The van der Waals surface area contributed by atoms with Gasteiger partial charge in [0, 0.05) is 21.7 Å². The molecule has 1 amide bonds. The molecule has 1 aliphatic rings. The van der Waals surface area contributed by atoms with Gasteiger partial charge in [-0.15, -0.1) is 5.10 Å². The molecule has 2 aromatic carbocycles. The highest BCUT2D eigenvalue weighted by Crippen LogP contribution is 2.26. The SMILES string of the molecule is Cc1ccc(Cl)cc1-n1nc(C(=O)NC2CCCCC2)nc1-c1ccc(Cl)cc1. The smallest absolute Gasteiger partial charge is 0.291 e. The normalized spacial score (nSPS) is 14.7. The van der Waals surface area contributed by atoms with E-state index in [-0.39, 0.29) is 17.8 Å². The molecular weight excluding hydrogens is 407 g/mol. The molecule has 0 spiro atoms. The number of amides is 1. The van der Waals surface area contributed by atoms with Crippen molar-refractivity contribution in [3.05, 3.63) is 63.9 Å². The largest absolute Gasteiger partial charge is 0.347 e. The summed E-state index contributed by atoms with van der Waals surface area (Å²) in [5.41, 5.74) is 2.58. The first-order chi connectivity index (χ1) is 14.0. The number of rotatable bonds is 4. The third kappa shape index (κ3) is 4.46. The van der Waals surface area contributed by atoms with Gasteiger partial charge in [0.25, 0.3) is 5.91 Å².